The minimum absolute atomic E-state index is 0.458. The predicted molar refractivity (Wildman–Crippen MR) is 84.7 cm³/mol. The van der Waals surface area contributed by atoms with Gasteiger partial charge in [0.25, 0.3) is 0 Å². The second-order valence-corrected chi connectivity index (χ2v) is 5.13. The van der Waals surface area contributed by atoms with E-state index < -0.39 is 0 Å². The van der Waals surface area contributed by atoms with E-state index in [9.17, 15) is 0 Å². The van der Waals surface area contributed by atoms with Gasteiger partial charge in [0, 0.05) is 30.9 Å². The summed E-state index contributed by atoms with van der Waals surface area (Å²) >= 11 is 0. The van der Waals surface area contributed by atoms with Crippen molar-refractivity contribution < 1.29 is 0 Å². The summed E-state index contributed by atoms with van der Waals surface area (Å²) in [5, 5.41) is 3.68. The normalized spacial score (nSPS) is 12.2. The van der Waals surface area contributed by atoms with Gasteiger partial charge in [-0.15, -0.1) is 0 Å². The molecule has 0 aliphatic heterocycles. The molecule has 0 amide bonds. The first-order valence-corrected chi connectivity index (χ1v) is 7.58. The third kappa shape index (κ3) is 4.78. The third-order valence-electron chi connectivity index (χ3n) is 3.55. The highest BCUT2D eigenvalue weighted by Gasteiger charge is 2.09. The largest absolute Gasteiger partial charge is 0.310 e. The maximum absolute atomic E-state index is 4.37. The second-order valence-electron chi connectivity index (χ2n) is 5.13. The van der Waals surface area contributed by atoms with Gasteiger partial charge in [-0.05, 0) is 24.1 Å². The number of unbranched alkanes of at least 4 members (excludes halogenated alkanes) is 1. The first-order chi connectivity index (χ1) is 9.90. The number of aromatic nitrogens is 1. The Hall–Kier alpha value is -1.67. The van der Waals surface area contributed by atoms with E-state index in [1.165, 1.54) is 24.8 Å². The van der Waals surface area contributed by atoms with Crippen LogP contribution >= 0.6 is 0 Å². The Morgan fingerprint density at radius 2 is 1.85 bits per heavy atom. The lowest BCUT2D eigenvalue weighted by molar-refractivity contribution is 0.483. The Kier molecular flexibility index (Phi) is 6.25. The number of hydrogen-bond acceptors (Lipinski definition) is 2. The van der Waals surface area contributed by atoms with Gasteiger partial charge >= 0.3 is 0 Å². The average Bonchev–Trinajstić information content (AvgIpc) is 2.52. The van der Waals surface area contributed by atoms with E-state index in [0.29, 0.717) is 6.04 Å². The van der Waals surface area contributed by atoms with Crippen LogP contribution in [-0.4, -0.2) is 11.5 Å². The van der Waals surface area contributed by atoms with E-state index in [-0.39, 0.29) is 0 Å². The van der Waals surface area contributed by atoms with E-state index in [2.05, 4.69) is 53.6 Å². The van der Waals surface area contributed by atoms with Crippen molar-refractivity contribution >= 4 is 0 Å². The van der Waals surface area contributed by atoms with Crippen LogP contribution in [0.3, 0.4) is 0 Å². The molecule has 2 nitrogen and oxygen atoms in total. The van der Waals surface area contributed by atoms with Crippen molar-refractivity contribution in [2.75, 3.05) is 6.54 Å². The molecule has 2 heteroatoms. The molecule has 0 spiro atoms. The molecule has 20 heavy (non-hydrogen) atoms. The molecule has 0 saturated heterocycles. The van der Waals surface area contributed by atoms with Crippen LogP contribution in [0.15, 0.2) is 54.7 Å². The summed E-state index contributed by atoms with van der Waals surface area (Å²) < 4.78 is 0. The van der Waals surface area contributed by atoms with Crippen molar-refractivity contribution in [2.45, 2.75) is 38.6 Å². The Labute approximate surface area is 122 Å². The van der Waals surface area contributed by atoms with Crippen molar-refractivity contribution in [3.8, 4) is 0 Å². The number of nitrogens with zero attached hydrogens (tertiary/aromatic N) is 1. The van der Waals surface area contributed by atoms with Crippen LogP contribution in [0.25, 0.3) is 0 Å². The number of nitrogens with one attached hydrogen (secondary N) is 1. The number of hydrogen-bond donors (Lipinski definition) is 1. The van der Waals surface area contributed by atoms with Crippen LogP contribution in [0.2, 0.25) is 0 Å². The number of pyridine rings is 1. The van der Waals surface area contributed by atoms with Gasteiger partial charge in [-0.2, -0.15) is 0 Å². The van der Waals surface area contributed by atoms with Gasteiger partial charge < -0.3 is 5.32 Å². The minimum atomic E-state index is 0.458. The second kappa shape index (κ2) is 8.49. The van der Waals surface area contributed by atoms with E-state index >= 15 is 0 Å². The molecule has 1 heterocycles. The molecule has 2 aromatic rings. The first kappa shape index (κ1) is 14.7. The van der Waals surface area contributed by atoms with Crippen molar-refractivity contribution in [3.63, 3.8) is 0 Å². The molecule has 0 radical (unpaired) electrons. The molecular formula is C18H24N2. The van der Waals surface area contributed by atoms with Crippen molar-refractivity contribution in [3.05, 3.63) is 66.0 Å². The van der Waals surface area contributed by atoms with Crippen molar-refractivity contribution in [1.82, 2.24) is 10.3 Å². The zero-order valence-corrected chi connectivity index (χ0v) is 12.3. The average molecular weight is 268 g/mol. The van der Waals surface area contributed by atoms with Crippen LogP contribution in [0.4, 0.5) is 0 Å². The monoisotopic (exact) mass is 268 g/mol. The summed E-state index contributed by atoms with van der Waals surface area (Å²) in [6, 6.07) is 17.3. The Balaban J connectivity index is 1.88. The van der Waals surface area contributed by atoms with Crippen LogP contribution in [-0.2, 0) is 6.42 Å². The Morgan fingerprint density at radius 3 is 2.55 bits per heavy atom. The SMILES string of the molecule is CCCCC(NCCc1ccccn1)c1ccccc1. The Bertz CT molecular complexity index is 467. The third-order valence-corrected chi connectivity index (χ3v) is 3.55. The molecule has 0 saturated carbocycles. The smallest absolute Gasteiger partial charge is 0.0416 e. The molecule has 0 aliphatic rings. The van der Waals surface area contributed by atoms with Gasteiger partial charge in [0.05, 0.1) is 0 Å². The Morgan fingerprint density at radius 1 is 1.05 bits per heavy atom. The van der Waals surface area contributed by atoms with Crippen molar-refractivity contribution in [2.24, 2.45) is 0 Å². The van der Waals surface area contributed by atoms with Crippen LogP contribution < -0.4 is 5.32 Å². The molecule has 1 aromatic heterocycles. The summed E-state index contributed by atoms with van der Waals surface area (Å²) in [4.78, 5) is 4.37. The molecule has 1 N–H and O–H groups in total. The quantitative estimate of drug-likeness (QED) is 0.778. The van der Waals surface area contributed by atoms with E-state index in [1.807, 2.05) is 18.3 Å². The molecule has 0 aliphatic carbocycles. The lowest BCUT2D eigenvalue weighted by Crippen LogP contribution is -2.24. The fourth-order valence-electron chi connectivity index (χ4n) is 2.40. The maximum Gasteiger partial charge on any atom is 0.0416 e. The molecule has 1 unspecified atom stereocenters. The predicted octanol–water partition coefficient (Wildman–Crippen LogP) is 4.15. The van der Waals surface area contributed by atoms with Gasteiger partial charge in [-0.3, -0.25) is 4.98 Å². The highest BCUT2D eigenvalue weighted by atomic mass is 14.9. The topological polar surface area (TPSA) is 24.9 Å². The molecule has 0 bridgehead atoms. The lowest BCUT2D eigenvalue weighted by atomic mass is 10.0. The van der Waals surface area contributed by atoms with Gasteiger partial charge in [-0.25, -0.2) is 0 Å². The van der Waals surface area contributed by atoms with Gasteiger partial charge in [-0.1, -0.05) is 56.2 Å². The standard InChI is InChI=1S/C18H24N2/c1-2-3-12-18(16-9-5-4-6-10-16)20-15-13-17-11-7-8-14-19-17/h4-11,14,18,20H,2-3,12-13,15H2,1H3. The van der Waals surface area contributed by atoms with Gasteiger partial charge in [0.2, 0.25) is 0 Å². The van der Waals surface area contributed by atoms with Crippen LogP contribution in [0, 0.1) is 0 Å². The van der Waals surface area contributed by atoms with Gasteiger partial charge in [0.15, 0.2) is 0 Å². The zero-order chi connectivity index (χ0) is 14.0. The summed E-state index contributed by atoms with van der Waals surface area (Å²) in [6.07, 6.45) is 6.54. The first-order valence-electron chi connectivity index (χ1n) is 7.58. The summed E-state index contributed by atoms with van der Waals surface area (Å²) in [5.41, 5.74) is 2.55. The summed E-state index contributed by atoms with van der Waals surface area (Å²) in [5.74, 6) is 0. The fourth-order valence-corrected chi connectivity index (χ4v) is 2.40. The van der Waals surface area contributed by atoms with Gasteiger partial charge in [0.1, 0.15) is 0 Å². The van der Waals surface area contributed by atoms with E-state index in [1.54, 1.807) is 0 Å². The van der Waals surface area contributed by atoms with E-state index in [0.717, 1.165) is 18.7 Å². The highest BCUT2D eigenvalue weighted by Crippen LogP contribution is 2.19. The number of rotatable bonds is 8. The highest BCUT2D eigenvalue weighted by molar-refractivity contribution is 5.18. The summed E-state index contributed by atoms with van der Waals surface area (Å²) in [7, 11) is 0. The molecule has 0 fully saturated rings. The van der Waals surface area contributed by atoms with Crippen LogP contribution in [0.5, 0.6) is 0 Å². The van der Waals surface area contributed by atoms with Crippen molar-refractivity contribution in [1.29, 1.82) is 0 Å². The van der Waals surface area contributed by atoms with E-state index in [4.69, 9.17) is 0 Å². The molecule has 2 rings (SSSR count). The lowest BCUT2D eigenvalue weighted by Gasteiger charge is -2.19. The molecular weight excluding hydrogens is 244 g/mol. The molecule has 1 atom stereocenters. The zero-order valence-electron chi connectivity index (χ0n) is 12.3. The molecule has 106 valence electrons. The molecule has 1 aromatic carbocycles. The fraction of sp³-hybridized carbons (Fsp3) is 0.389. The summed E-state index contributed by atoms with van der Waals surface area (Å²) in [6.45, 7) is 3.22. The maximum atomic E-state index is 4.37. The number of benzene rings is 1. The minimum Gasteiger partial charge on any atom is -0.310 e. The van der Waals surface area contributed by atoms with Crippen LogP contribution in [0.1, 0.15) is 43.5 Å².